The number of halogens is 1. The first kappa shape index (κ1) is 16.3. The van der Waals surface area contributed by atoms with Crippen LogP contribution in [0.1, 0.15) is 24.6 Å². The van der Waals surface area contributed by atoms with Crippen molar-refractivity contribution in [3.8, 4) is 0 Å². The molecule has 3 atom stereocenters. The van der Waals surface area contributed by atoms with E-state index in [1.54, 1.807) is 0 Å². The van der Waals surface area contributed by atoms with E-state index in [0.29, 0.717) is 31.2 Å². The molecule has 5 nitrogen and oxygen atoms in total. The topological polar surface area (TPSA) is 59.8 Å². The predicted octanol–water partition coefficient (Wildman–Crippen LogP) is 0.641. The first-order valence-electron chi connectivity index (χ1n) is 7.32. The van der Waals surface area contributed by atoms with E-state index in [9.17, 15) is 14.6 Å². The number of likely N-dealkylation sites (tertiary alicyclic amines) is 1. The van der Waals surface area contributed by atoms with Gasteiger partial charge in [0, 0.05) is 25.7 Å². The summed E-state index contributed by atoms with van der Waals surface area (Å²) in [5, 5.41) is 19.9. The van der Waals surface area contributed by atoms with Crippen molar-refractivity contribution in [1.82, 2.24) is 14.8 Å². The van der Waals surface area contributed by atoms with Crippen molar-refractivity contribution in [3.05, 3.63) is 29.8 Å². The molecule has 0 amide bonds. The van der Waals surface area contributed by atoms with Gasteiger partial charge in [-0.3, -0.25) is 9.88 Å². The van der Waals surface area contributed by atoms with Crippen LogP contribution in [0, 0.1) is 5.82 Å². The molecule has 118 valence electrons. The summed E-state index contributed by atoms with van der Waals surface area (Å²) >= 11 is 0. The highest BCUT2D eigenvalue weighted by molar-refractivity contribution is 5.08. The second-order valence-electron chi connectivity index (χ2n) is 6.01. The van der Waals surface area contributed by atoms with Crippen LogP contribution in [0.5, 0.6) is 0 Å². The van der Waals surface area contributed by atoms with Gasteiger partial charge >= 0.3 is 0 Å². The summed E-state index contributed by atoms with van der Waals surface area (Å²) in [5.74, 6) is -0.403. The van der Waals surface area contributed by atoms with Gasteiger partial charge in [-0.25, -0.2) is 4.39 Å². The van der Waals surface area contributed by atoms with E-state index in [4.69, 9.17) is 0 Å². The number of β-amino-alcohol motifs (C(OH)–C–C–N with tert-alkyl or cyclic N) is 1. The highest BCUT2D eigenvalue weighted by atomic mass is 19.1. The van der Waals surface area contributed by atoms with Crippen LogP contribution in [-0.4, -0.2) is 70.9 Å². The molecule has 6 heteroatoms. The number of likely N-dealkylation sites (N-methyl/N-ethyl adjacent to an activating group) is 1. The van der Waals surface area contributed by atoms with Crippen molar-refractivity contribution in [1.29, 1.82) is 0 Å². The van der Waals surface area contributed by atoms with E-state index in [1.165, 1.54) is 12.1 Å². The van der Waals surface area contributed by atoms with E-state index >= 15 is 0 Å². The van der Waals surface area contributed by atoms with E-state index < -0.39 is 11.9 Å². The Labute approximate surface area is 125 Å². The lowest BCUT2D eigenvalue weighted by molar-refractivity contribution is 0.122. The molecule has 0 aliphatic carbocycles. The van der Waals surface area contributed by atoms with Crippen molar-refractivity contribution in [2.45, 2.75) is 31.1 Å². The first-order valence-corrected chi connectivity index (χ1v) is 7.32. The molecule has 2 heterocycles. The van der Waals surface area contributed by atoms with Crippen LogP contribution < -0.4 is 0 Å². The highest BCUT2D eigenvalue weighted by Gasteiger charge is 2.31. The summed E-state index contributed by atoms with van der Waals surface area (Å²) < 4.78 is 12.8. The third-order valence-electron chi connectivity index (χ3n) is 3.86. The van der Waals surface area contributed by atoms with Gasteiger partial charge in [0.25, 0.3) is 0 Å². The van der Waals surface area contributed by atoms with Gasteiger partial charge in [-0.2, -0.15) is 0 Å². The number of aliphatic hydroxyl groups excluding tert-OH is 2. The average Bonchev–Trinajstić information content (AvgIpc) is 2.76. The number of pyridine rings is 1. The summed E-state index contributed by atoms with van der Waals surface area (Å²) in [6.45, 7) is 2.22. The highest BCUT2D eigenvalue weighted by Crippen LogP contribution is 2.21. The smallest absolute Gasteiger partial charge is 0.141 e. The molecule has 0 bridgehead atoms. The van der Waals surface area contributed by atoms with Crippen molar-refractivity contribution < 1.29 is 14.6 Å². The Balaban J connectivity index is 1.87. The van der Waals surface area contributed by atoms with Crippen LogP contribution in [0.3, 0.4) is 0 Å². The lowest BCUT2D eigenvalue weighted by Gasteiger charge is -2.27. The SMILES string of the molecule is CN(C)CC1CC(O)CN1CCC(O)c1ccc(F)cn1. The third kappa shape index (κ3) is 4.71. The number of hydrogen-bond donors (Lipinski definition) is 2. The van der Waals surface area contributed by atoms with Gasteiger partial charge in [0.05, 0.1) is 24.1 Å². The molecule has 0 aromatic carbocycles. The molecule has 0 saturated carbocycles. The molecule has 1 aromatic heterocycles. The van der Waals surface area contributed by atoms with Gasteiger partial charge in [-0.15, -0.1) is 0 Å². The summed E-state index contributed by atoms with van der Waals surface area (Å²) in [4.78, 5) is 8.22. The second kappa shape index (κ2) is 7.26. The van der Waals surface area contributed by atoms with Crippen LogP contribution in [0.15, 0.2) is 18.3 Å². The Morgan fingerprint density at radius 3 is 2.86 bits per heavy atom. The Kier molecular flexibility index (Phi) is 5.64. The molecular weight excluding hydrogens is 273 g/mol. The quantitative estimate of drug-likeness (QED) is 0.807. The zero-order valence-electron chi connectivity index (χ0n) is 12.6. The molecule has 2 rings (SSSR count). The molecule has 2 N–H and O–H groups in total. The second-order valence-corrected chi connectivity index (χ2v) is 6.01. The summed E-state index contributed by atoms with van der Waals surface area (Å²) in [6, 6.07) is 3.12. The number of nitrogens with zero attached hydrogens (tertiary/aromatic N) is 3. The molecular formula is C15H24FN3O2. The van der Waals surface area contributed by atoms with Crippen molar-refractivity contribution >= 4 is 0 Å². The monoisotopic (exact) mass is 297 g/mol. The summed E-state index contributed by atoms with van der Waals surface area (Å²) in [7, 11) is 4.03. The standard InChI is InChI=1S/C15H24FN3O2/c1-18(2)9-12-7-13(20)10-19(12)6-5-15(21)14-4-3-11(16)8-17-14/h3-4,8,12-13,15,20-21H,5-7,9-10H2,1-2H3. The molecule has 1 aliphatic rings. The fourth-order valence-corrected chi connectivity index (χ4v) is 2.86. The number of hydrogen-bond acceptors (Lipinski definition) is 5. The zero-order valence-corrected chi connectivity index (χ0v) is 12.6. The lowest BCUT2D eigenvalue weighted by Crippen LogP contribution is -2.38. The maximum Gasteiger partial charge on any atom is 0.141 e. The molecule has 0 radical (unpaired) electrons. The molecule has 1 saturated heterocycles. The van der Waals surface area contributed by atoms with Crippen LogP contribution in [0.25, 0.3) is 0 Å². The number of rotatable bonds is 6. The average molecular weight is 297 g/mol. The number of aromatic nitrogens is 1. The van der Waals surface area contributed by atoms with Crippen molar-refractivity contribution in [2.75, 3.05) is 33.7 Å². The van der Waals surface area contributed by atoms with Crippen LogP contribution >= 0.6 is 0 Å². The van der Waals surface area contributed by atoms with Gasteiger partial charge in [-0.05, 0) is 39.1 Å². The minimum Gasteiger partial charge on any atom is -0.392 e. The van der Waals surface area contributed by atoms with Crippen molar-refractivity contribution in [3.63, 3.8) is 0 Å². The number of aliphatic hydroxyl groups is 2. The van der Waals surface area contributed by atoms with E-state index in [2.05, 4.69) is 14.8 Å². The van der Waals surface area contributed by atoms with Crippen molar-refractivity contribution in [2.24, 2.45) is 0 Å². The Hall–Kier alpha value is -1.08. The minimum atomic E-state index is -0.705. The Bertz CT molecular complexity index is 441. The Morgan fingerprint density at radius 1 is 1.48 bits per heavy atom. The van der Waals surface area contributed by atoms with E-state index in [1.807, 2.05) is 14.1 Å². The van der Waals surface area contributed by atoms with Crippen LogP contribution in [0.4, 0.5) is 4.39 Å². The minimum absolute atomic E-state index is 0.295. The van der Waals surface area contributed by atoms with Crippen LogP contribution in [-0.2, 0) is 0 Å². The van der Waals surface area contributed by atoms with Gasteiger partial charge in [0.2, 0.25) is 0 Å². The first-order chi connectivity index (χ1) is 9.95. The maximum absolute atomic E-state index is 12.8. The normalized spacial score (nSPS) is 24.7. The zero-order chi connectivity index (χ0) is 15.4. The van der Waals surface area contributed by atoms with E-state index in [0.717, 1.165) is 19.2 Å². The third-order valence-corrected chi connectivity index (χ3v) is 3.86. The maximum atomic E-state index is 12.8. The molecule has 1 aliphatic heterocycles. The molecule has 1 fully saturated rings. The fraction of sp³-hybridized carbons (Fsp3) is 0.667. The summed E-state index contributed by atoms with van der Waals surface area (Å²) in [6.07, 6.45) is 1.41. The summed E-state index contributed by atoms with van der Waals surface area (Å²) in [5.41, 5.74) is 0.486. The van der Waals surface area contributed by atoms with Gasteiger partial charge in [-0.1, -0.05) is 0 Å². The predicted molar refractivity (Wildman–Crippen MR) is 78.3 cm³/mol. The van der Waals surface area contributed by atoms with Gasteiger partial charge in [0.15, 0.2) is 0 Å². The molecule has 21 heavy (non-hydrogen) atoms. The van der Waals surface area contributed by atoms with Gasteiger partial charge in [0.1, 0.15) is 5.82 Å². The van der Waals surface area contributed by atoms with Crippen LogP contribution in [0.2, 0.25) is 0 Å². The molecule has 1 aromatic rings. The largest absolute Gasteiger partial charge is 0.392 e. The Morgan fingerprint density at radius 2 is 2.24 bits per heavy atom. The lowest BCUT2D eigenvalue weighted by atomic mass is 10.1. The molecule has 3 unspecified atom stereocenters. The molecule has 0 spiro atoms. The fourth-order valence-electron chi connectivity index (χ4n) is 2.86. The van der Waals surface area contributed by atoms with Gasteiger partial charge < -0.3 is 15.1 Å². The van der Waals surface area contributed by atoms with E-state index in [-0.39, 0.29) is 6.10 Å².